The number of rotatable bonds is 3. The molecule has 5 nitrogen and oxygen atoms in total. The van der Waals surface area contributed by atoms with E-state index in [0.29, 0.717) is 30.6 Å². The third kappa shape index (κ3) is 2.60. The van der Waals surface area contributed by atoms with E-state index >= 15 is 0 Å². The first-order valence-corrected chi connectivity index (χ1v) is 7.42. The Bertz CT molecular complexity index is 690. The molecular formula is C16H19FN2O3. The molecular weight excluding hydrogens is 287 g/mol. The maximum Gasteiger partial charge on any atom is 0.289 e. The summed E-state index contributed by atoms with van der Waals surface area (Å²) < 4.78 is 19.3. The van der Waals surface area contributed by atoms with Gasteiger partial charge in [0.25, 0.3) is 5.91 Å². The number of furan rings is 1. The molecule has 1 aromatic carbocycles. The molecule has 118 valence electrons. The number of aliphatic hydroxyl groups is 1. The Morgan fingerprint density at radius 1 is 1.32 bits per heavy atom. The second kappa shape index (κ2) is 6.06. The molecule has 0 saturated carbocycles. The van der Waals surface area contributed by atoms with E-state index in [1.165, 1.54) is 6.07 Å². The molecule has 1 aromatic heterocycles. The first-order chi connectivity index (χ1) is 10.6. The minimum atomic E-state index is -0.451. The lowest BCUT2D eigenvalue weighted by Crippen LogP contribution is -2.49. The Labute approximate surface area is 127 Å². The molecule has 0 radical (unpaired) electrons. The normalized spacial score (nSPS) is 16.4. The molecule has 22 heavy (non-hydrogen) atoms. The van der Waals surface area contributed by atoms with Gasteiger partial charge in [0.1, 0.15) is 0 Å². The van der Waals surface area contributed by atoms with Gasteiger partial charge >= 0.3 is 0 Å². The van der Waals surface area contributed by atoms with Crippen LogP contribution in [0.15, 0.2) is 22.6 Å². The number of hydrogen-bond acceptors (Lipinski definition) is 4. The van der Waals surface area contributed by atoms with E-state index in [4.69, 9.17) is 9.52 Å². The fraction of sp³-hybridized carbons (Fsp3) is 0.438. The zero-order valence-corrected chi connectivity index (χ0v) is 12.5. The van der Waals surface area contributed by atoms with Crippen molar-refractivity contribution in [3.63, 3.8) is 0 Å². The van der Waals surface area contributed by atoms with Crippen molar-refractivity contribution < 1.29 is 18.7 Å². The van der Waals surface area contributed by atoms with Crippen LogP contribution >= 0.6 is 0 Å². The van der Waals surface area contributed by atoms with Crippen LogP contribution in [0.25, 0.3) is 11.0 Å². The quantitative estimate of drug-likeness (QED) is 0.936. The topological polar surface area (TPSA) is 56.9 Å². The van der Waals surface area contributed by atoms with Gasteiger partial charge in [-0.15, -0.1) is 0 Å². The maximum absolute atomic E-state index is 13.8. The van der Waals surface area contributed by atoms with E-state index in [1.807, 2.05) is 0 Å². The van der Waals surface area contributed by atoms with Gasteiger partial charge < -0.3 is 14.4 Å². The third-order valence-electron chi connectivity index (χ3n) is 4.19. The highest BCUT2D eigenvalue weighted by Gasteiger charge is 2.27. The number of nitrogens with zero attached hydrogens (tertiary/aromatic N) is 2. The van der Waals surface area contributed by atoms with Crippen molar-refractivity contribution in [1.82, 2.24) is 9.80 Å². The smallest absolute Gasteiger partial charge is 0.289 e. The Kier molecular flexibility index (Phi) is 4.13. The molecule has 0 unspecified atom stereocenters. The van der Waals surface area contributed by atoms with Crippen LogP contribution in [0.3, 0.4) is 0 Å². The summed E-state index contributed by atoms with van der Waals surface area (Å²) in [5, 5.41) is 9.58. The van der Waals surface area contributed by atoms with Crippen molar-refractivity contribution in [1.29, 1.82) is 0 Å². The van der Waals surface area contributed by atoms with Crippen LogP contribution in [0, 0.1) is 12.7 Å². The minimum Gasteiger partial charge on any atom is -0.448 e. The third-order valence-corrected chi connectivity index (χ3v) is 4.19. The van der Waals surface area contributed by atoms with Crippen LogP contribution in [-0.2, 0) is 0 Å². The number of fused-ring (bicyclic) bond motifs is 1. The van der Waals surface area contributed by atoms with Gasteiger partial charge in [0.2, 0.25) is 0 Å². The first-order valence-electron chi connectivity index (χ1n) is 7.42. The molecule has 0 spiro atoms. The lowest BCUT2D eigenvalue weighted by Gasteiger charge is -2.33. The van der Waals surface area contributed by atoms with Crippen LogP contribution in [0.4, 0.5) is 4.39 Å². The zero-order valence-electron chi connectivity index (χ0n) is 12.5. The number of hydrogen-bond donors (Lipinski definition) is 1. The van der Waals surface area contributed by atoms with Crippen LogP contribution in [-0.4, -0.2) is 60.1 Å². The summed E-state index contributed by atoms with van der Waals surface area (Å²) >= 11 is 0. The van der Waals surface area contributed by atoms with E-state index in [-0.39, 0.29) is 23.9 Å². The summed E-state index contributed by atoms with van der Waals surface area (Å²) in [6.45, 7) is 5.13. The standard InChI is InChI=1S/C16H19FN2O3/c1-11-12-3-2-4-13(17)15(12)22-14(11)16(21)19-7-5-18(6-8-19)9-10-20/h2-4,20H,5-10H2,1H3. The Morgan fingerprint density at radius 2 is 2.05 bits per heavy atom. The van der Waals surface area contributed by atoms with Crippen molar-refractivity contribution in [3.8, 4) is 0 Å². The van der Waals surface area contributed by atoms with Gasteiger partial charge in [-0.25, -0.2) is 4.39 Å². The number of carbonyl (C=O) groups is 1. The highest BCUT2D eigenvalue weighted by molar-refractivity contribution is 5.99. The van der Waals surface area contributed by atoms with Crippen LogP contribution in [0.1, 0.15) is 16.1 Å². The number of β-amino-alcohol motifs (C(OH)–C–C–N with tert-alkyl or cyclic N) is 1. The Hall–Kier alpha value is -1.92. The number of para-hydroxylation sites is 1. The molecule has 0 atom stereocenters. The van der Waals surface area contributed by atoms with E-state index in [0.717, 1.165) is 13.1 Å². The van der Waals surface area contributed by atoms with Gasteiger partial charge in [-0.1, -0.05) is 12.1 Å². The molecule has 1 fully saturated rings. The van der Waals surface area contributed by atoms with E-state index < -0.39 is 5.82 Å². The molecule has 0 bridgehead atoms. The van der Waals surface area contributed by atoms with E-state index in [9.17, 15) is 9.18 Å². The van der Waals surface area contributed by atoms with Gasteiger partial charge in [-0.2, -0.15) is 0 Å². The SMILES string of the molecule is Cc1c(C(=O)N2CCN(CCO)CC2)oc2c(F)cccc12. The molecule has 1 aliphatic heterocycles. The highest BCUT2D eigenvalue weighted by Crippen LogP contribution is 2.28. The van der Waals surface area contributed by atoms with Crippen molar-refractivity contribution in [2.75, 3.05) is 39.3 Å². The second-order valence-electron chi connectivity index (χ2n) is 5.53. The van der Waals surface area contributed by atoms with E-state index in [1.54, 1.807) is 24.0 Å². The van der Waals surface area contributed by atoms with Gasteiger partial charge in [0.05, 0.1) is 6.61 Å². The average molecular weight is 306 g/mol. The Morgan fingerprint density at radius 3 is 2.68 bits per heavy atom. The molecule has 1 saturated heterocycles. The number of halogens is 1. The number of aryl methyl sites for hydroxylation is 1. The molecule has 2 aromatic rings. The monoisotopic (exact) mass is 306 g/mol. The molecule has 2 heterocycles. The first kappa shape index (κ1) is 15.0. The highest BCUT2D eigenvalue weighted by atomic mass is 19.1. The summed E-state index contributed by atoms with van der Waals surface area (Å²) in [4.78, 5) is 16.4. The number of carbonyl (C=O) groups excluding carboxylic acids is 1. The van der Waals surface area contributed by atoms with Gasteiger partial charge in [0, 0.05) is 43.7 Å². The van der Waals surface area contributed by atoms with Gasteiger partial charge in [-0.05, 0) is 13.0 Å². The minimum absolute atomic E-state index is 0.121. The summed E-state index contributed by atoms with van der Waals surface area (Å²) in [6.07, 6.45) is 0. The summed E-state index contributed by atoms with van der Waals surface area (Å²) in [7, 11) is 0. The predicted molar refractivity (Wildman–Crippen MR) is 80.3 cm³/mol. The van der Waals surface area contributed by atoms with Crippen molar-refractivity contribution in [2.24, 2.45) is 0 Å². The lowest BCUT2D eigenvalue weighted by atomic mass is 10.1. The molecule has 1 amide bonds. The van der Waals surface area contributed by atoms with Crippen LogP contribution in [0.5, 0.6) is 0 Å². The molecule has 6 heteroatoms. The number of benzene rings is 1. The van der Waals surface area contributed by atoms with Crippen LogP contribution in [0.2, 0.25) is 0 Å². The van der Waals surface area contributed by atoms with Crippen molar-refractivity contribution in [3.05, 3.63) is 35.3 Å². The lowest BCUT2D eigenvalue weighted by molar-refractivity contribution is 0.0586. The van der Waals surface area contributed by atoms with Crippen molar-refractivity contribution in [2.45, 2.75) is 6.92 Å². The van der Waals surface area contributed by atoms with Gasteiger partial charge in [0.15, 0.2) is 17.2 Å². The Balaban J connectivity index is 1.81. The molecule has 0 aliphatic carbocycles. The maximum atomic E-state index is 13.8. The van der Waals surface area contributed by atoms with Crippen LogP contribution < -0.4 is 0 Å². The average Bonchev–Trinajstić information content (AvgIpc) is 2.87. The molecule has 1 N–H and O–H groups in total. The molecule has 3 rings (SSSR count). The zero-order chi connectivity index (χ0) is 15.7. The fourth-order valence-corrected chi connectivity index (χ4v) is 2.87. The summed E-state index contributed by atoms with van der Waals surface area (Å²) in [5.41, 5.74) is 0.819. The summed E-state index contributed by atoms with van der Waals surface area (Å²) in [6, 6.07) is 4.70. The van der Waals surface area contributed by atoms with Crippen molar-refractivity contribution >= 4 is 16.9 Å². The van der Waals surface area contributed by atoms with Gasteiger partial charge in [-0.3, -0.25) is 9.69 Å². The number of aliphatic hydroxyl groups excluding tert-OH is 1. The molecule has 1 aliphatic rings. The van der Waals surface area contributed by atoms with E-state index in [2.05, 4.69) is 4.90 Å². The predicted octanol–water partition coefficient (Wildman–Crippen LogP) is 1.63. The summed E-state index contributed by atoms with van der Waals surface area (Å²) in [5.74, 6) is -0.431. The second-order valence-corrected chi connectivity index (χ2v) is 5.53. The largest absolute Gasteiger partial charge is 0.448 e. The number of amides is 1. The fourth-order valence-electron chi connectivity index (χ4n) is 2.87. The number of piperazine rings is 1.